The van der Waals surface area contributed by atoms with Gasteiger partial charge in [0.05, 0.1) is 13.1 Å². The fraction of sp³-hybridized carbons (Fsp3) is 0.217. The van der Waals surface area contributed by atoms with Crippen LogP contribution in [0.4, 0.5) is 0 Å². The van der Waals surface area contributed by atoms with Gasteiger partial charge >= 0.3 is 5.97 Å². The lowest BCUT2D eigenvalue weighted by Gasteiger charge is -2.49. The van der Waals surface area contributed by atoms with Crippen LogP contribution in [0.1, 0.15) is 11.1 Å². The van der Waals surface area contributed by atoms with Crippen molar-refractivity contribution in [3.63, 3.8) is 0 Å². The summed E-state index contributed by atoms with van der Waals surface area (Å²) in [7, 11) is 0. The molecule has 30 heavy (non-hydrogen) atoms. The highest BCUT2D eigenvalue weighted by atomic mass is 32.2. The van der Waals surface area contributed by atoms with Crippen LogP contribution in [0.25, 0.3) is 0 Å². The monoisotopic (exact) mass is 421 g/mol. The Labute approximate surface area is 179 Å². The summed E-state index contributed by atoms with van der Waals surface area (Å²) < 4.78 is 8.66. The van der Waals surface area contributed by atoms with E-state index in [9.17, 15) is 4.79 Å². The molecule has 1 fully saturated rings. The predicted octanol–water partition coefficient (Wildman–Crippen LogP) is 3.33. The summed E-state index contributed by atoms with van der Waals surface area (Å²) in [6, 6.07) is 21.0. The maximum Gasteiger partial charge on any atom is 0.320 e. The molecule has 2 heterocycles. The van der Waals surface area contributed by atoms with E-state index < -0.39 is 17.6 Å². The van der Waals surface area contributed by atoms with Crippen LogP contribution in [0.2, 0.25) is 0 Å². The van der Waals surface area contributed by atoms with Crippen molar-refractivity contribution >= 4 is 17.9 Å². The van der Waals surface area contributed by atoms with Gasteiger partial charge in [-0.05, 0) is 53.8 Å². The Hall–Kier alpha value is -2.87. The highest BCUT2D eigenvalue weighted by Gasteiger charge is 2.47. The van der Waals surface area contributed by atoms with Crippen LogP contribution in [0.3, 0.4) is 0 Å². The smallest absolute Gasteiger partial charge is 0.320 e. The summed E-state index contributed by atoms with van der Waals surface area (Å²) in [5, 5.41) is 9.04. The molecule has 0 spiro atoms. The largest absolute Gasteiger partial charge is 0.480 e. The van der Waals surface area contributed by atoms with Crippen LogP contribution in [-0.4, -0.2) is 39.5 Å². The highest BCUT2D eigenvalue weighted by Crippen LogP contribution is 2.42. The molecule has 1 atom stereocenters. The van der Waals surface area contributed by atoms with Gasteiger partial charge in [-0.2, -0.15) is 0 Å². The van der Waals surface area contributed by atoms with Crippen molar-refractivity contribution in [2.24, 2.45) is 5.73 Å². The molecule has 0 amide bonds. The number of hydrogen-bond donors (Lipinski definition) is 2. The van der Waals surface area contributed by atoms with Crippen molar-refractivity contribution in [3.05, 3.63) is 90.3 Å². The zero-order valence-corrected chi connectivity index (χ0v) is 17.2. The Bertz CT molecular complexity index is 995. The molecule has 0 aliphatic carbocycles. The number of benzene rings is 2. The van der Waals surface area contributed by atoms with E-state index in [4.69, 9.17) is 15.6 Å². The third-order valence-corrected chi connectivity index (χ3v) is 6.01. The van der Waals surface area contributed by atoms with Gasteiger partial charge in [0, 0.05) is 17.3 Å². The number of hydrogen-bond acceptors (Lipinski definition) is 6. The average Bonchev–Trinajstić information content (AvgIpc) is 2.73. The maximum atomic E-state index is 11.0. The molecule has 0 saturated carbocycles. The lowest BCUT2D eigenvalue weighted by atomic mass is 9.87. The van der Waals surface area contributed by atoms with E-state index in [-0.39, 0.29) is 0 Å². The van der Waals surface area contributed by atoms with Gasteiger partial charge in [0.2, 0.25) is 0 Å². The summed E-state index contributed by atoms with van der Waals surface area (Å²) in [4.78, 5) is 16.1. The number of nitrogens with two attached hydrogens (primary N) is 1. The minimum Gasteiger partial charge on any atom is -0.480 e. The second kappa shape index (κ2) is 8.87. The second-order valence-corrected chi connectivity index (χ2v) is 8.50. The Morgan fingerprint density at radius 2 is 1.87 bits per heavy atom. The molecule has 2 aromatic carbocycles. The number of nitrogens with zero attached hydrogens (tertiary/aromatic N) is 2. The lowest BCUT2D eigenvalue weighted by Crippen LogP contribution is -2.59. The van der Waals surface area contributed by atoms with Gasteiger partial charge in [0.15, 0.2) is 5.60 Å². The lowest BCUT2D eigenvalue weighted by molar-refractivity contribution is -0.138. The molecule has 1 aromatic heterocycles. The Balaban J connectivity index is 1.46. The summed E-state index contributed by atoms with van der Waals surface area (Å²) in [6.45, 7) is 1.45. The van der Waals surface area contributed by atoms with Crippen LogP contribution in [0.15, 0.2) is 84.0 Å². The highest BCUT2D eigenvalue weighted by molar-refractivity contribution is 7.97. The van der Waals surface area contributed by atoms with E-state index in [1.54, 1.807) is 24.3 Å². The van der Waals surface area contributed by atoms with Gasteiger partial charge in [-0.1, -0.05) is 42.5 Å². The normalized spacial score (nSPS) is 16.4. The topological polar surface area (TPSA) is 88.7 Å². The van der Waals surface area contributed by atoms with Gasteiger partial charge < -0.3 is 15.6 Å². The number of ether oxygens (including phenoxy) is 1. The third kappa shape index (κ3) is 4.64. The molecule has 0 bridgehead atoms. The summed E-state index contributed by atoms with van der Waals surface area (Å²) in [5.74, 6) is -0.195. The van der Waals surface area contributed by atoms with E-state index in [0.717, 1.165) is 34.9 Å². The Morgan fingerprint density at radius 3 is 2.57 bits per heavy atom. The van der Waals surface area contributed by atoms with Gasteiger partial charge in [0.25, 0.3) is 0 Å². The summed E-state index contributed by atoms with van der Waals surface area (Å²) in [6.07, 6.45) is 3.77. The molecule has 1 unspecified atom stereocenters. The third-order valence-electron chi connectivity index (χ3n) is 5.03. The van der Waals surface area contributed by atoms with Crippen LogP contribution >= 0.6 is 11.9 Å². The number of carbonyl (C=O) groups is 1. The average molecular weight is 422 g/mol. The van der Waals surface area contributed by atoms with E-state index in [0.29, 0.717) is 6.42 Å². The molecule has 3 aromatic rings. The van der Waals surface area contributed by atoms with Crippen LogP contribution in [-0.2, 0) is 16.8 Å². The number of carboxylic acid groups (broad SMARTS) is 1. The number of aromatic nitrogens is 1. The molecule has 3 N–H and O–H groups in total. The van der Waals surface area contributed by atoms with Gasteiger partial charge in [-0.15, -0.1) is 0 Å². The molecule has 1 aliphatic heterocycles. The molecule has 4 rings (SSSR count). The maximum absolute atomic E-state index is 11.0. The standard InChI is InChI=1S/C23H23N3O3S/c24-21(22(27)28)14-17-5-4-8-20(13-17)30-26-15-23(16-26,18-6-2-1-3-7-18)29-19-9-11-25-12-10-19/h1-13,21H,14-16,24H2,(H,27,28). The number of aliphatic carboxylic acids is 1. The molecule has 7 heteroatoms. The first-order chi connectivity index (χ1) is 14.5. The molecule has 1 aliphatic rings. The second-order valence-electron chi connectivity index (χ2n) is 7.33. The van der Waals surface area contributed by atoms with Crippen molar-refractivity contribution in [1.29, 1.82) is 0 Å². The van der Waals surface area contributed by atoms with Crippen molar-refractivity contribution in [1.82, 2.24) is 9.29 Å². The first-order valence-electron chi connectivity index (χ1n) is 9.69. The van der Waals surface area contributed by atoms with Crippen molar-refractivity contribution < 1.29 is 14.6 Å². The zero-order valence-electron chi connectivity index (χ0n) is 16.3. The predicted molar refractivity (Wildman–Crippen MR) is 116 cm³/mol. The van der Waals surface area contributed by atoms with Crippen molar-refractivity contribution in [2.45, 2.75) is 23.0 Å². The minimum absolute atomic E-state index is 0.308. The molecular weight excluding hydrogens is 398 g/mol. The molecule has 6 nitrogen and oxygen atoms in total. The minimum atomic E-state index is -0.989. The van der Waals surface area contributed by atoms with Crippen LogP contribution in [0.5, 0.6) is 5.75 Å². The number of pyridine rings is 1. The zero-order chi connectivity index (χ0) is 21.0. The fourth-order valence-corrected chi connectivity index (χ4v) is 4.68. The van der Waals surface area contributed by atoms with Crippen LogP contribution < -0.4 is 10.5 Å². The fourth-order valence-electron chi connectivity index (χ4n) is 3.49. The van der Waals surface area contributed by atoms with Gasteiger partial charge in [-0.25, -0.2) is 4.31 Å². The van der Waals surface area contributed by atoms with Crippen molar-refractivity contribution in [3.8, 4) is 5.75 Å². The summed E-state index contributed by atoms with van der Waals surface area (Å²) >= 11 is 1.64. The number of carboxylic acids is 1. The molecule has 0 radical (unpaired) electrons. The SMILES string of the molecule is NC(Cc1cccc(SN2CC(Oc3ccncc3)(c3ccccc3)C2)c1)C(=O)O. The molecule has 1 saturated heterocycles. The van der Waals surface area contributed by atoms with E-state index in [1.165, 1.54) is 0 Å². The number of rotatable bonds is 8. The first-order valence-corrected chi connectivity index (χ1v) is 10.5. The summed E-state index contributed by atoms with van der Waals surface area (Å²) in [5.41, 5.74) is 7.31. The van der Waals surface area contributed by atoms with E-state index >= 15 is 0 Å². The quantitative estimate of drug-likeness (QED) is 0.539. The van der Waals surface area contributed by atoms with Crippen molar-refractivity contribution in [2.75, 3.05) is 13.1 Å². The van der Waals surface area contributed by atoms with Gasteiger partial charge in [0.1, 0.15) is 11.8 Å². The van der Waals surface area contributed by atoms with Crippen LogP contribution in [0, 0.1) is 0 Å². The van der Waals surface area contributed by atoms with E-state index in [2.05, 4.69) is 21.4 Å². The Kier molecular flexibility index (Phi) is 6.03. The molecule has 154 valence electrons. The first kappa shape index (κ1) is 20.4. The molecular formula is C23H23N3O3S. The van der Waals surface area contributed by atoms with E-state index in [1.807, 2.05) is 54.6 Å². The Morgan fingerprint density at radius 1 is 1.13 bits per heavy atom. The van der Waals surface area contributed by atoms with Gasteiger partial charge in [-0.3, -0.25) is 9.78 Å².